The number of halogens is 3. The van der Waals surface area contributed by atoms with Crippen molar-refractivity contribution in [1.29, 1.82) is 0 Å². The summed E-state index contributed by atoms with van der Waals surface area (Å²) in [4.78, 5) is 0. The molecule has 0 bridgehead atoms. The molecule has 1 aromatic carbocycles. The Balaban J connectivity index is 2.59. The molecule has 0 amide bonds. The lowest BCUT2D eigenvalue weighted by atomic mass is 10.2. The average Bonchev–Trinajstić information content (AvgIpc) is 2.12. The fraction of sp³-hybridized carbons (Fsp3) is 0.200. The Morgan fingerprint density at radius 2 is 2.14 bits per heavy atom. The first-order chi connectivity index (χ1) is 6.61. The van der Waals surface area contributed by atoms with Crippen molar-refractivity contribution in [3.05, 3.63) is 47.0 Å². The van der Waals surface area contributed by atoms with Crippen LogP contribution in [0.15, 0.2) is 29.8 Å². The van der Waals surface area contributed by atoms with E-state index in [0.717, 1.165) is 6.07 Å². The van der Waals surface area contributed by atoms with E-state index in [9.17, 15) is 8.78 Å². The van der Waals surface area contributed by atoms with Gasteiger partial charge in [0.05, 0.1) is 0 Å². The molecule has 0 aliphatic rings. The maximum Gasteiger partial charge on any atom is 0.163 e. The van der Waals surface area contributed by atoms with E-state index in [-0.39, 0.29) is 12.1 Å². The van der Waals surface area contributed by atoms with Crippen LogP contribution < -0.4 is 5.32 Å². The Kier molecular flexibility index (Phi) is 4.04. The van der Waals surface area contributed by atoms with Crippen molar-refractivity contribution in [2.75, 3.05) is 6.54 Å². The lowest BCUT2D eigenvalue weighted by Crippen LogP contribution is -2.15. The van der Waals surface area contributed by atoms with Crippen LogP contribution in [-0.2, 0) is 6.54 Å². The third kappa shape index (κ3) is 3.09. The Hall–Kier alpha value is -0.930. The Morgan fingerprint density at radius 3 is 2.79 bits per heavy atom. The normalized spacial score (nSPS) is 10.2. The van der Waals surface area contributed by atoms with Gasteiger partial charge < -0.3 is 5.32 Å². The van der Waals surface area contributed by atoms with E-state index in [1.165, 1.54) is 12.1 Å². The highest BCUT2D eigenvalue weighted by Gasteiger charge is 2.06. The van der Waals surface area contributed by atoms with Gasteiger partial charge in [-0.05, 0) is 6.07 Å². The first-order valence-electron chi connectivity index (χ1n) is 4.08. The average molecular weight is 218 g/mol. The Morgan fingerprint density at radius 1 is 1.43 bits per heavy atom. The minimum atomic E-state index is -0.839. The van der Waals surface area contributed by atoms with E-state index in [1.807, 2.05) is 0 Å². The summed E-state index contributed by atoms with van der Waals surface area (Å²) in [6, 6.07) is 4.06. The van der Waals surface area contributed by atoms with Crippen LogP contribution >= 0.6 is 11.6 Å². The van der Waals surface area contributed by atoms with Gasteiger partial charge in [0.25, 0.3) is 0 Å². The van der Waals surface area contributed by atoms with Crippen LogP contribution in [0.2, 0.25) is 0 Å². The topological polar surface area (TPSA) is 12.0 Å². The number of hydrogen-bond donors (Lipinski definition) is 1. The number of hydrogen-bond acceptors (Lipinski definition) is 1. The molecule has 0 saturated carbocycles. The highest BCUT2D eigenvalue weighted by atomic mass is 35.5. The molecular formula is C10H10ClF2N. The van der Waals surface area contributed by atoms with E-state index in [1.54, 1.807) is 0 Å². The van der Waals surface area contributed by atoms with E-state index < -0.39 is 11.6 Å². The van der Waals surface area contributed by atoms with E-state index in [4.69, 9.17) is 11.6 Å². The molecule has 1 nitrogen and oxygen atoms in total. The lowest BCUT2D eigenvalue weighted by molar-refractivity contribution is 0.494. The summed E-state index contributed by atoms with van der Waals surface area (Å²) in [6.07, 6.45) is 0. The monoisotopic (exact) mass is 217 g/mol. The highest BCUT2D eigenvalue weighted by molar-refractivity contribution is 6.29. The van der Waals surface area contributed by atoms with Gasteiger partial charge in [-0.2, -0.15) is 0 Å². The van der Waals surface area contributed by atoms with Gasteiger partial charge in [-0.3, -0.25) is 0 Å². The highest BCUT2D eigenvalue weighted by Crippen LogP contribution is 2.10. The first-order valence-corrected chi connectivity index (χ1v) is 4.46. The molecular weight excluding hydrogens is 208 g/mol. The molecule has 14 heavy (non-hydrogen) atoms. The molecule has 0 aromatic heterocycles. The molecule has 0 saturated heterocycles. The van der Waals surface area contributed by atoms with Crippen LogP contribution in [0.4, 0.5) is 8.78 Å². The summed E-state index contributed by atoms with van der Waals surface area (Å²) in [7, 11) is 0. The summed E-state index contributed by atoms with van der Waals surface area (Å²) in [5.74, 6) is -1.66. The van der Waals surface area contributed by atoms with Crippen LogP contribution in [-0.4, -0.2) is 6.54 Å². The molecule has 0 atom stereocenters. The van der Waals surface area contributed by atoms with Crippen LogP contribution in [0.5, 0.6) is 0 Å². The quantitative estimate of drug-likeness (QED) is 0.818. The van der Waals surface area contributed by atoms with Crippen molar-refractivity contribution in [2.24, 2.45) is 0 Å². The molecule has 0 aliphatic heterocycles. The van der Waals surface area contributed by atoms with Crippen LogP contribution in [0.25, 0.3) is 0 Å². The summed E-state index contributed by atoms with van der Waals surface area (Å²) in [5, 5.41) is 3.26. The van der Waals surface area contributed by atoms with Crippen LogP contribution in [0.3, 0.4) is 0 Å². The Labute approximate surface area is 86.4 Å². The van der Waals surface area contributed by atoms with Gasteiger partial charge in [0.2, 0.25) is 0 Å². The molecule has 1 aromatic rings. The zero-order chi connectivity index (χ0) is 10.6. The van der Waals surface area contributed by atoms with Gasteiger partial charge >= 0.3 is 0 Å². The SMILES string of the molecule is C=C(Cl)CNCc1cccc(F)c1F. The fourth-order valence-electron chi connectivity index (χ4n) is 1.02. The summed E-state index contributed by atoms with van der Waals surface area (Å²) in [5.41, 5.74) is 0.280. The second-order valence-electron chi connectivity index (χ2n) is 2.83. The molecule has 0 radical (unpaired) electrons. The fourth-order valence-corrected chi connectivity index (χ4v) is 1.11. The van der Waals surface area contributed by atoms with Gasteiger partial charge in [0.15, 0.2) is 11.6 Å². The maximum absolute atomic E-state index is 13.1. The standard InChI is InChI=1S/C10H10ClF2N/c1-7(11)5-14-6-8-3-2-4-9(12)10(8)13/h2-4,14H,1,5-6H2. The van der Waals surface area contributed by atoms with Crippen molar-refractivity contribution >= 4 is 11.6 Å². The molecule has 0 heterocycles. The predicted molar refractivity (Wildman–Crippen MR) is 53.1 cm³/mol. The third-order valence-corrected chi connectivity index (χ3v) is 1.80. The zero-order valence-electron chi connectivity index (χ0n) is 7.49. The first kappa shape index (κ1) is 11.1. The maximum atomic E-state index is 13.1. The van der Waals surface area contributed by atoms with Gasteiger partial charge in [-0.15, -0.1) is 0 Å². The number of nitrogens with one attached hydrogen (secondary N) is 1. The van der Waals surface area contributed by atoms with E-state index >= 15 is 0 Å². The molecule has 76 valence electrons. The largest absolute Gasteiger partial charge is 0.308 e. The molecule has 1 N–H and O–H groups in total. The Bertz CT molecular complexity index is 339. The number of rotatable bonds is 4. The second kappa shape index (κ2) is 5.08. The zero-order valence-corrected chi connectivity index (χ0v) is 8.24. The molecule has 0 fully saturated rings. The van der Waals surface area contributed by atoms with E-state index in [0.29, 0.717) is 11.6 Å². The molecule has 0 aliphatic carbocycles. The van der Waals surface area contributed by atoms with Gasteiger partial charge in [0, 0.05) is 23.7 Å². The number of benzene rings is 1. The smallest absolute Gasteiger partial charge is 0.163 e. The minimum absolute atomic E-state index is 0.231. The summed E-state index contributed by atoms with van der Waals surface area (Å²) >= 11 is 5.49. The lowest BCUT2D eigenvalue weighted by Gasteiger charge is -2.05. The molecule has 0 spiro atoms. The molecule has 4 heteroatoms. The van der Waals surface area contributed by atoms with Crippen molar-refractivity contribution in [3.8, 4) is 0 Å². The van der Waals surface area contributed by atoms with Crippen molar-refractivity contribution in [2.45, 2.75) is 6.54 Å². The third-order valence-electron chi connectivity index (χ3n) is 1.66. The van der Waals surface area contributed by atoms with Gasteiger partial charge in [-0.1, -0.05) is 30.3 Å². The predicted octanol–water partition coefficient (Wildman–Crippen LogP) is 2.81. The molecule has 0 unspecified atom stereocenters. The van der Waals surface area contributed by atoms with Crippen LogP contribution in [0, 0.1) is 11.6 Å². The van der Waals surface area contributed by atoms with Crippen molar-refractivity contribution in [3.63, 3.8) is 0 Å². The van der Waals surface area contributed by atoms with Gasteiger partial charge in [0.1, 0.15) is 0 Å². The minimum Gasteiger partial charge on any atom is -0.308 e. The second-order valence-corrected chi connectivity index (χ2v) is 3.37. The molecule has 1 rings (SSSR count). The van der Waals surface area contributed by atoms with Crippen molar-refractivity contribution in [1.82, 2.24) is 5.32 Å². The summed E-state index contributed by atoms with van der Waals surface area (Å²) < 4.78 is 25.8. The van der Waals surface area contributed by atoms with Crippen LogP contribution in [0.1, 0.15) is 5.56 Å². The van der Waals surface area contributed by atoms with E-state index in [2.05, 4.69) is 11.9 Å². The van der Waals surface area contributed by atoms with Crippen molar-refractivity contribution < 1.29 is 8.78 Å². The summed E-state index contributed by atoms with van der Waals surface area (Å²) in [6.45, 7) is 4.07. The van der Waals surface area contributed by atoms with Gasteiger partial charge in [-0.25, -0.2) is 8.78 Å².